The van der Waals surface area contributed by atoms with E-state index in [2.05, 4.69) is 78.5 Å². The van der Waals surface area contributed by atoms with E-state index in [1.165, 1.54) is 4.88 Å². The topological polar surface area (TPSA) is 95.2 Å². The van der Waals surface area contributed by atoms with E-state index in [4.69, 9.17) is 9.97 Å². The van der Waals surface area contributed by atoms with Crippen LogP contribution in [0, 0.1) is 12.3 Å². The summed E-state index contributed by atoms with van der Waals surface area (Å²) in [6.07, 6.45) is 10.3. The lowest BCUT2D eigenvalue weighted by atomic mass is 9.91. The van der Waals surface area contributed by atoms with E-state index in [-0.39, 0.29) is 5.41 Å². The highest BCUT2D eigenvalue weighted by atomic mass is 32.1. The normalized spacial score (nSPS) is 12.8. The summed E-state index contributed by atoms with van der Waals surface area (Å²) in [5.41, 5.74) is 7.92. The van der Waals surface area contributed by atoms with Crippen molar-refractivity contribution in [3.63, 3.8) is 0 Å². The number of aryl methyl sites for hydroxylation is 1. The third-order valence-corrected chi connectivity index (χ3v) is 7.26. The molecule has 5 rings (SSSR count). The van der Waals surface area contributed by atoms with Gasteiger partial charge in [-0.1, -0.05) is 40.0 Å². The van der Waals surface area contributed by atoms with Crippen molar-refractivity contribution in [1.29, 1.82) is 0 Å². The highest BCUT2D eigenvalue weighted by molar-refractivity contribution is 7.15. The van der Waals surface area contributed by atoms with Gasteiger partial charge in [0, 0.05) is 27.9 Å². The number of pyridine rings is 2. The highest BCUT2D eigenvalue weighted by Gasteiger charge is 2.18. The SMILES string of the molecule is C=C/C(=C\C(=C/C)c1cc2c(-c3nc4c(-c5ccc(C)s5)nccc4[nH]3)n[nH]c2cn1)NC(=C)CC(C)(C)C. The fourth-order valence-electron chi connectivity index (χ4n) is 4.55. The Labute approximate surface area is 232 Å². The van der Waals surface area contributed by atoms with E-state index < -0.39 is 0 Å². The minimum absolute atomic E-state index is 0.139. The van der Waals surface area contributed by atoms with Crippen molar-refractivity contribution < 1.29 is 0 Å². The molecule has 0 aliphatic rings. The molecule has 5 heterocycles. The third kappa shape index (κ3) is 5.61. The van der Waals surface area contributed by atoms with Crippen molar-refractivity contribution in [2.75, 3.05) is 0 Å². The van der Waals surface area contributed by atoms with Crippen molar-refractivity contribution >= 4 is 38.8 Å². The Morgan fingerprint density at radius 1 is 1.13 bits per heavy atom. The van der Waals surface area contributed by atoms with Crippen LogP contribution in [0.3, 0.4) is 0 Å². The number of hydrogen-bond acceptors (Lipinski definition) is 6. The van der Waals surface area contributed by atoms with Crippen LogP contribution in [-0.4, -0.2) is 30.1 Å². The highest BCUT2D eigenvalue weighted by Crippen LogP contribution is 2.33. The maximum atomic E-state index is 4.94. The van der Waals surface area contributed by atoms with Gasteiger partial charge in [0.15, 0.2) is 5.82 Å². The zero-order valence-electron chi connectivity index (χ0n) is 23.0. The van der Waals surface area contributed by atoms with Crippen LogP contribution in [0.1, 0.15) is 44.7 Å². The quantitative estimate of drug-likeness (QED) is 0.175. The maximum absolute atomic E-state index is 4.94. The average molecular weight is 536 g/mol. The number of thiophene rings is 1. The summed E-state index contributed by atoms with van der Waals surface area (Å²) >= 11 is 1.71. The maximum Gasteiger partial charge on any atom is 0.159 e. The lowest BCUT2D eigenvalue weighted by molar-refractivity contribution is 0.403. The predicted molar refractivity (Wildman–Crippen MR) is 163 cm³/mol. The number of fused-ring (bicyclic) bond motifs is 2. The molecule has 3 N–H and O–H groups in total. The molecular formula is C31H33N7S. The van der Waals surface area contributed by atoms with E-state index in [1.807, 2.05) is 43.6 Å². The lowest BCUT2D eigenvalue weighted by Gasteiger charge is -2.21. The van der Waals surface area contributed by atoms with Gasteiger partial charge in [0.25, 0.3) is 0 Å². The number of allylic oxidation sites excluding steroid dienone is 5. The van der Waals surface area contributed by atoms with E-state index in [0.29, 0.717) is 5.82 Å². The van der Waals surface area contributed by atoms with Gasteiger partial charge in [0.2, 0.25) is 0 Å². The minimum atomic E-state index is 0.139. The van der Waals surface area contributed by atoms with Crippen LogP contribution >= 0.6 is 11.3 Å². The second kappa shape index (κ2) is 10.5. The fraction of sp³-hybridized carbons (Fsp3) is 0.226. The molecule has 0 aliphatic heterocycles. The molecule has 0 unspecified atom stereocenters. The first-order chi connectivity index (χ1) is 18.6. The molecule has 0 fully saturated rings. The predicted octanol–water partition coefficient (Wildman–Crippen LogP) is 7.95. The number of aromatic amines is 2. The molecule has 0 bridgehead atoms. The average Bonchev–Trinajstić information content (AvgIpc) is 3.62. The van der Waals surface area contributed by atoms with Crippen LogP contribution in [0.2, 0.25) is 0 Å². The molecule has 0 saturated carbocycles. The van der Waals surface area contributed by atoms with Gasteiger partial charge in [-0.25, -0.2) is 4.98 Å². The molecule has 0 radical (unpaired) electrons. The first-order valence-electron chi connectivity index (χ1n) is 12.9. The van der Waals surface area contributed by atoms with Crippen molar-refractivity contribution in [2.24, 2.45) is 5.41 Å². The van der Waals surface area contributed by atoms with Crippen LogP contribution in [0.25, 0.3) is 49.6 Å². The summed E-state index contributed by atoms with van der Waals surface area (Å²) in [6.45, 7) is 18.9. The summed E-state index contributed by atoms with van der Waals surface area (Å²) in [5.74, 6) is 0.681. The second-order valence-electron chi connectivity index (χ2n) is 10.8. The molecule has 0 atom stereocenters. The fourth-order valence-corrected chi connectivity index (χ4v) is 5.42. The van der Waals surface area contributed by atoms with Gasteiger partial charge >= 0.3 is 0 Å². The number of nitrogens with one attached hydrogen (secondary N) is 3. The van der Waals surface area contributed by atoms with Crippen LogP contribution in [0.5, 0.6) is 0 Å². The molecule has 5 aromatic rings. The molecule has 0 spiro atoms. The molecule has 8 heteroatoms. The molecule has 0 saturated heterocycles. The summed E-state index contributed by atoms with van der Waals surface area (Å²) in [6, 6.07) is 8.18. The van der Waals surface area contributed by atoms with Crippen LogP contribution in [0.15, 0.2) is 79.4 Å². The summed E-state index contributed by atoms with van der Waals surface area (Å²) in [7, 11) is 0. The van der Waals surface area contributed by atoms with Crippen molar-refractivity contribution in [1.82, 2.24) is 35.5 Å². The zero-order valence-corrected chi connectivity index (χ0v) is 23.8. The molecule has 7 nitrogen and oxygen atoms in total. The van der Waals surface area contributed by atoms with Crippen LogP contribution < -0.4 is 5.32 Å². The smallest absolute Gasteiger partial charge is 0.159 e. The van der Waals surface area contributed by atoms with E-state index in [0.717, 1.165) is 67.3 Å². The summed E-state index contributed by atoms with van der Waals surface area (Å²) in [4.78, 5) is 20.0. The molecule has 198 valence electrons. The Bertz CT molecular complexity index is 1750. The van der Waals surface area contributed by atoms with Gasteiger partial charge in [0.1, 0.15) is 16.9 Å². The van der Waals surface area contributed by atoms with Crippen molar-refractivity contribution in [2.45, 2.75) is 41.0 Å². The van der Waals surface area contributed by atoms with Crippen LogP contribution in [-0.2, 0) is 0 Å². The number of imidazole rings is 1. The summed E-state index contributed by atoms with van der Waals surface area (Å²) < 4.78 is 0. The standard InChI is InChI=1S/C31H33N7S/c1-8-20(14-21(9-2)34-18(3)16-31(5,6)7)24-15-22-25(17-33-24)37-38-27(22)30-35-23-12-13-32-29(28(23)36-30)26-11-10-19(4)39-26/h8-15,17,34H,2-3,16H2,1,4-7H3,(H,35,36)(H,37,38)/b20-8+,21-14+. The van der Waals surface area contributed by atoms with E-state index in [1.54, 1.807) is 17.4 Å². The molecule has 0 aromatic carbocycles. The van der Waals surface area contributed by atoms with Gasteiger partial charge in [-0.3, -0.25) is 15.1 Å². The Morgan fingerprint density at radius 2 is 1.95 bits per heavy atom. The van der Waals surface area contributed by atoms with Gasteiger partial charge < -0.3 is 10.3 Å². The second-order valence-corrected chi connectivity index (χ2v) is 12.0. The number of nitrogens with zero attached hydrogens (tertiary/aromatic N) is 4. The van der Waals surface area contributed by atoms with Gasteiger partial charge in [0.05, 0.1) is 27.8 Å². The van der Waals surface area contributed by atoms with Gasteiger partial charge in [-0.2, -0.15) is 5.10 Å². The Hall–Kier alpha value is -4.30. The van der Waals surface area contributed by atoms with Gasteiger partial charge in [-0.15, -0.1) is 11.3 Å². The first kappa shape index (κ1) is 26.3. The minimum Gasteiger partial charge on any atom is -0.359 e. The molecule has 5 aromatic heterocycles. The van der Waals surface area contributed by atoms with Crippen molar-refractivity contribution in [3.05, 3.63) is 90.0 Å². The number of rotatable bonds is 8. The Morgan fingerprint density at radius 3 is 2.64 bits per heavy atom. The monoisotopic (exact) mass is 535 g/mol. The number of H-pyrrole nitrogens is 2. The largest absolute Gasteiger partial charge is 0.359 e. The van der Waals surface area contributed by atoms with E-state index >= 15 is 0 Å². The molecule has 39 heavy (non-hydrogen) atoms. The Kier molecular flexibility index (Phi) is 7.06. The molecule has 0 amide bonds. The van der Waals surface area contributed by atoms with E-state index in [9.17, 15) is 0 Å². The number of aromatic nitrogens is 6. The summed E-state index contributed by atoms with van der Waals surface area (Å²) in [5, 5.41) is 12.0. The van der Waals surface area contributed by atoms with Crippen LogP contribution in [0.4, 0.5) is 0 Å². The lowest BCUT2D eigenvalue weighted by Crippen LogP contribution is -2.16. The van der Waals surface area contributed by atoms with Gasteiger partial charge in [-0.05, 0) is 67.7 Å². The molecule has 0 aliphatic carbocycles. The number of hydrogen-bond donors (Lipinski definition) is 3. The first-order valence-corrected chi connectivity index (χ1v) is 13.7. The molecular weight excluding hydrogens is 502 g/mol. The Balaban J connectivity index is 1.51. The zero-order chi connectivity index (χ0) is 27.7. The van der Waals surface area contributed by atoms with Crippen molar-refractivity contribution in [3.8, 4) is 22.1 Å². The third-order valence-electron chi connectivity index (χ3n) is 6.25.